The molecular formula is C30H54N8O9SSi2. The first kappa shape index (κ1) is 40.1. The van der Waals surface area contributed by atoms with Gasteiger partial charge in [0, 0.05) is 26.1 Å². The van der Waals surface area contributed by atoms with Crippen LogP contribution in [0.25, 0.3) is 11.2 Å². The van der Waals surface area contributed by atoms with Gasteiger partial charge in [-0.15, -0.1) is 0 Å². The number of nitrogens with zero attached hydrogens (tertiary/aromatic N) is 5. The van der Waals surface area contributed by atoms with E-state index in [-0.39, 0.29) is 34.9 Å². The second-order valence-electron chi connectivity index (χ2n) is 15.7. The number of carbonyl (C=O) groups is 2. The van der Waals surface area contributed by atoms with Crippen molar-refractivity contribution >= 4 is 55.9 Å². The molecule has 0 aromatic carbocycles. The van der Waals surface area contributed by atoms with Crippen molar-refractivity contribution in [3.8, 4) is 0 Å². The standard InChI is InChI=1S/C30H54N8O9SSi2/c1-29(2,3)49(7,8)46-23-20(17-44-48(41,42)36-21(39)11-12-32-28(40)37-13-15-43-16-14-37)45-27(24(23)47-50(9,10)30(4,5)6)38-19-35-22-25(31)33-18-34-26(22)38/h18-20,23-24,27H,11-17H2,1-10H3,(H,32,40)(H,36,39)(H2,31,33,34)/t20-,23-,24-,27-/m1/s1. The first-order valence-electron chi connectivity index (χ1n) is 16.8. The number of urea groups is 1. The van der Waals surface area contributed by atoms with E-state index in [4.69, 9.17) is 28.2 Å². The first-order chi connectivity index (χ1) is 23.0. The summed E-state index contributed by atoms with van der Waals surface area (Å²) in [5.74, 6) is -0.641. The molecule has 50 heavy (non-hydrogen) atoms. The number of ether oxygens (including phenoxy) is 2. The molecule has 2 saturated heterocycles. The first-order valence-corrected chi connectivity index (χ1v) is 24.0. The zero-order valence-electron chi connectivity index (χ0n) is 30.8. The smallest absolute Gasteiger partial charge is 0.362 e. The molecule has 17 nitrogen and oxygen atoms in total. The summed E-state index contributed by atoms with van der Waals surface area (Å²) in [7, 11) is -9.60. The summed E-state index contributed by atoms with van der Waals surface area (Å²) in [6, 6.07) is -0.352. The van der Waals surface area contributed by atoms with E-state index >= 15 is 0 Å². The Morgan fingerprint density at radius 3 is 2.18 bits per heavy atom. The number of rotatable bonds is 12. The number of nitrogens with one attached hydrogen (secondary N) is 2. The molecule has 4 N–H and O–H groups in total. The molecular weight excluding hydrogens is 705 g/mol. The van der Waals surface area contributed by atoms with E-state index in [1.165, 1.54) is 6.33 Å². The van der Waals surface area contributed by atoms with Gasteiger partial charge in [0.2, 0.25) is 5.91 Å². The van der Waals surface area contributed by atoms with Crippen molar-refractivity contribution in [2.75, 3.05) is 45.2 Å². The van der Waals surface area contributed by atoms with E-state index in [1.807, 2.05) is 4.72 Å². The van der Waals surface area contributed by atoms with E-state index < -0.39 is 64.0 Å². The van der Waals surface area contributed by atoms with Crippen molar-refractivity contribution in [1.82, 2.24) is 34.5 Å². The van der Waals surface area contributed by atoms with Crippen molar-refractivity contribution < 1.29 is 40.5 Å². The van der Waals surface area contributed by atoms with Gasteiger partial charge in [0.25, 0.3) is 0 Å². The maximum atomic E-state index is 13.0. The van der Waals surface area contributed by atoms with Crippen LogP contribution in [-0.2, 0) is 37.6 Å². The summed E-state index contributed by atoms with van der Waals surface area (Å²) in [5.41, 5.74) is 6.90. The Balaban J connectivity index is 1.57. The quantitative estimate of drug-likeness (QED) is 0.266. The predicted octanol–water partition coefficient (Wildman–Crippen LogP) is 2.90. The van der Waals surface area contributed by atoms with Crippen molar-refractivity contribution in [1.29, 1.82) is 0 Å². The zero-order valence-corrected chi connectivity index (χ0v) is 33.6. The van der Waals surface area contributed by atoms with Crippen molar-refractivity contribution in [2.24, 2.45) is 0 Å². The molecule has 20 heteroatoms. The lowest BCUT2D eigenvalue weighted by molar-refractivity contribution is -0.119. The lowest BCUT2D eigenvalue weighted by Crippen LogP contribution is -2.54. The third-order valence-corrected chi connectivity index (χ3v) is 19.8. The molecule has 2 aliphatic heterocycles. The van der Waals surface area contributed by atoms with Gasteiger partial charge in [-0.05, 0) is 36.3 Å². The largest absolute Gasteiger partial charge is 0.408 e. The summed E-state index contributed by atoms with van der Waals surface area (Å²) >= 11 is 0. The number of morpholine rings is 1. The van der Waals surface area contributed by atoms with Crippen LogP contribution in [0.5, 0.6) is 0 Å². The Morgan fingerprint density at radius 2 is 1.58 bits per heavy atom. The van der Waals surface area contributed by atoms with Crippen LogP contribution >= 0.6 is 0 Å². The average Bonchev–Trinajstić information content (AvgIpc) is 3.57. The highest BCUT2D eigenvalue weighted by Crippen LogP contribution is 2.46. The number of amides is 3. The van der Waals surface area contributed by atoms with E-state index in [9.17, 15) is 18.0 Å². The third kappa shape index (κ3) is 9.38. The molecule has 3 amide bonds. The molecule has 4 atom stereocenters. The Hall–Kier alpha value is -2.73. The van der Waals surface area contributed by atoms with E-state index in [0.717, 1.165) is 0 Å². The Bertz CT molecular complexity index is 1620. The fourth-order valence-electron chi connectivity index (χ4n) is 4.96. The number of aromatic nitrogens is 4. The van der Waals surface area contributed by atoms with Crippen LogP contribution in [0.3, 0.4) is 0 Å². The fraction of sp³-hybridized carbons (Fsp3) is 0.767. The molecule has 2 aromatic heterocycles. The maximum Gasteiger partial charge on any atom is 0.362 e. The highest BCUT2D eigenvalue weighted by Gasteiger charge is 2.55. The lowest BCUT2D eigenvalue weighted by atomic mass is 10.1. The van der Waals surface area contributed by atoms with Gasteiger partial charge in [0.05, 0.1) is 26.1 Å². The molecule has 0 saturated carbocycles. The van der Waals surface area contributed by atoms with Crippen LogP contribution in [-0.4, -0.2) is 119 Å². The van der Waals surface area contributed by atoms with Crippen LogP contribution in [0.1, 0.15) is 54.2 Å². The zero-order chi connectivity index (χ0) is 37.3. The summed E-state index contributed by atoms with van der Waals surface area (Å²) in [4.78, 5) is 39.4. The minimum absolute atomic E-state index is 0.0627. The van der Waals surface area contributed by atoms with Crippen LogP contribution in [0.15, 0.2) is 12.7 Å². The minimum Gasteiger partial charge on any atom is -0.408 e. The molecule has 2 aromatic rings. The average molecular weight is 759 g/mol. The van der Waals surface area contributed by atoms with Gasteiger partial charge in [0.15, 0.2) is 34.3 Å². The number of hydrogen-bond donors (Lipinski definition) is 3. The van der Waals surface area contributed by atoms with Gasteiger partial charge in [0.1, 0.15) is 30.2 Å². The Kier molecular flexibility index (Phi) is 12.1. The molecule has 0 spiro atoms. The van der Waals surface area contributed by atoms with Crippen LogP contribution in [0.2, 0.25) is 36.3 Å². The lowest BCUT2D eigenvalue weighted by Gasteiger charge is -2.44. The van der Waals surface area contributed by atoms with Gasteiger partial charge in [-0.2, -0.15) is 8.42 Å². The van der Waals surface area contributed by atoms with Crippen molar-refractivity contribution in [2.45, 2.75) is 109 Å². The SMILES string of the molecule is CC(C)(C)[Si](C)(C)O[C@@H]1[C@H](O[Si](C)(C)C(C)(C)C)[C@@H](COS(=O)(=O)NC(=O)CCNC(=O)N2CCOCC2)O[C@H]1n1cnc2c(N)ncnc21. The molecule has 0 radical (unpaired) electrons. The maximum absolute atomic E-state index is 13.0. The molecule has 0 bridgehead atoms. The number of imidazole rings is 1. The predicted molar refractivity (Wildman–Crippen MR) is 191 cm³/mol. The molecule has 2 aliphatic rings. The normalized spacial score (nSPS) is 22.6. The second kappa shape index (κ2) is 15.1. The summed E-state index contributed by atoms with van der Waals surface area (Å²) < 4.78 is 61.0. The highest BCUT2D eigenvalue weighted by atomic mass is 32.2. The highest BCUT2D eigenvalue weighted by molar-refractivity contribution is 7.85. The number of hydrogen-bond acceptors (Lipinski definition) is 13. The fourth-order valence-corrected chi connectivity index (χ4v) is 8.32. The molecule has 4 rings (SSSR count). The number of anilines is 1. The van der Waals surface area contributed by atoms with Crippen molar-refractivity contribution in [3.05, 3.63) is 12.7 Å². The van der Waals surface area contributed by atoms with Gasteiger partial charge in [-0.25, -0.2) is 24.5 Å². The van der Waals surface area contributed by atoms with Crippen molar-refractivity contribution in [3.63, 3.8) is 0 Å². The van der Waals surface area contributed by atoms with Crippen LogP contribution in [0.4, 0.5) is 10.6 Å². The molecule has 0 aliphatic carbocycles. The molecule has 2 fully saturated rings. The monoisotopic (exact) mass is 758 g/mol. The topological polar surface area (TPSA) is 211 Å². The number of fused-ring (bicyclic) bond motifs is 1. The molecule has 0 unspecified atom stereocenters. The van der Waals surface area contributed by atoms with Gasteiger partial charge >= 0.3 is 16.3 Å². The van der Waals surface area contributed by atoms with E-state index in [0.29, 0.717) is 37.5 Å². The third-order valence-electron chi connectivity index (χ3n) is 9.97. The van der Waals surface area contributed by atoms with Gasteiger partial charge in [-0.1, -0.05) is 41.5 Å². The van der Waals surface area contributed by atoms with Gasteiger partial charge < -0.3 is 34.3 Å². The summed E-state index contributed by atoms with van der Waals surface area (Å²) in [6.45, 7) is 22.3. The number of nitrogens with two attached hydrogens (primary N) is 1. The molecule has 4 heterocycles. The summed E-state index contributed by atoms with van der Waals surface area (Å²) in [6.07, 6.45) is -0.684. The van der Waals surface area contributed by atoms with Crippen LogP contribution < -0.4 is 15.8 Å². The Morgan fingerprint density at radius 1 is 0.980 bits per heavy atom. The van der Waals surface area contributed by atoms with E-state index in [2.05, 4.69) is 88.0 Å². The second-order valence-corrected chi connectivity index (χ2v) is 26.5. The number of nitrogen functional groups attached to an aromatic ring is 1. The Labute approximate surface area is 296 Å². The van der Waals surface area contributed by atoms with Gasteiger partial charge in [-0.3, -0.25) is 13.5 Å². The molecule has 282 valence electrons. The van der Waals surface area contributed by atoms with E-state index in [1.54, 1.807) is 15.8 Å². The number of carbonyl (C=O) groups excluding carboxylic acids is 2. The van der Waals surface area contributed by atoms with Crippen LogP contribution in [0, 0.1) is 0 Å². The minimum atomic E-state index is -4.57. The summed E-state index contributed by atoms with van der Waals surface area (Å²) in [5, 5.41) is 2.22.